The van der Waals surface area contributed by atoms with Crippen LogP contribution in [0.3, 0.4) is 0 Å². The molecule has 0 radical (unpaired) electrons. The van der Waals surface area contributed by atoms with Gasteiger partial charge in [-0.05, 0) is 30.3 Å². The number of nitrogens with one attached hydrogen (secondary N) is 1. The Balaban J connectivity index is 1.41. The van der Waals surface area contributed by atoms with E-state index < -0.39 is 15.8 Å². The van der Waals surface area contributed by atoms with Gasteiger partial charge in [0.05, 0.1) is 36.6 Å². The first-order valence-corrected chi connectivity index (χ1v) is 10.1. The summed E-state index contributed by atoms with van der Waals surface area (Å²) in [6.45, 7) is 2.64. The first-order valence-electron chi connectivity index (χ1n) is 8.64. The average molecular weight is 395 g/mol. The highest BCUT2D eigenvalue weighted by molar-refractivity contribution is 7.89. The normalized spacial score (nSPS) is 18.0. The van der Waals surface area contributed by atoms with E-state index in [1.807, 2.05) is 0 Å². The molecule has 0 spiro atoms. The van der Waals surface area contributed by atoms with E-state index in [4.69, 9.17) is 9.47 Å². The van der Waals surface area contributed by atoms with Crippen LogP contribution in [0.1, 0.15) is 5.56 Å². The molecule has 2 aliphatic rings. The molecule has 1 fully saturated rings. The van der Waals surface area contributed by atoms with Crippen LogP contribution in [0.5, 0.6) is 17.2 Å². The van der Waals surface area contributed by atoms with Gasteiger partial charge in [0.1, 0.15) is 18.1 Å². The Morgan fingerprint density at radius 2 is 1.70 bits per heavy atom. The summed E-state index contributed by atoms with van der Waals surface area (Å²) in [6.07, 6.45) is 0. The summed E-state index contributed by atoms with van der Waals surface area (Å²) in [5.74, 6) is 0.820. The van der Waals surface area contributed by atoms with Crippen LogP contribution in [0.15, 0.2) is 41.3 Å². The molecule has 1 saturated heterocycles. The van der Waals surface area contributed by atoms with Gasteiger partial charge < -0.3 is 19.5 Å². The van der Waals surface area contributed by atoms with Crippen molar-refractivity contribution in [3.8, 4) is 17.2 Å². The maximum absolute atomic E-state index is 13.0. The summed E-state index contributed by atoms with van der Waals surface area (Å²) >= 11 is 0. The molecule has 0 aliphatic carbocycles. The zero-order chi connectivity index (χ0) is 19.0. The van der Waals surface area contributed by atoms with Gasteiger partial charge in [0.2, 0.25) is 16.8 Å². The molecule has 7 nitrogen and oxygen atoms in total. The molecule has 0 atom stereocenters. The van der Waals surface area contributed by atoms with Crippen molar-refractivity contribution in [2.45, 2.75) is 11.4 Å². The van der Waals surface area contributed by atoms with Gasteiger partial charge in [-0.25, -0.2) is 12.8 Å². The van der Waals surface area contributed by atoms with Crippen LogP contribution in [0.4, 0.5) is 4.39 Å². The second-order valence-corrected chi connectivity index (χ2v) is 8.56. The van der Waals surface area contributed by atoms with E-state index in [1.165, 1.54) is 16.4 Å². The molecule has 2 aliphatic heterocycles. The van der Waals surface area contributed by atoms with Crippen molar-refractivity contribution < 1.29 is 32.3 Å². The predicted molar refractivity (Wildman–Crippen MR) is 93.8 cm³/mol. The SMILES string of the molecule is O=S(=O)(c1ccc(F)cc1)N1CC[NH+](Cc2cc3c(cc2O)OCO3)CC1. The number of hydrogen-bond acceptors (Lipinski definition) is 5. The van der Waals surface area contributed by atoms with Crippen LogP contribution in [-0.4, -0.2) is 50.8 Å². The molecule has 0 saturated carbocycles. The van der Waals surface area contributed by atoms with Gasteiger partial charge in [0.15, 0.2) is 11.5 Å². The third-order valence-corrected chi connectivity index (χ3v) is 6.81. The number of piperazine rings is 1. The summed E-state index contributed by atoms with van der Waals surface area (Å²) < 4.78 is 50.4. The minimum atomic E-state index is -3.62. The number of rotatable bonds is 4. The number of fused-ring (bicyclic) bond motifs is 1. The van der Waals surface area contributed by atoms with Gasteiger partial charge in [0.25, 0.3) is 0 Å². The molecule has 0 aromatic heterocycles. The van der Waals surface area contributed by atoms with Gasteiger partial charge in [-0.3, -0.25) is 0 Å². The number of sulfonamides is 1. The molecule has 0 unspecified atom stereocenters. The molecule has 0 bridgehead atoms. The van der Waals surface area contributed by atoms with Crippen molar-refractivity contribution in [2.24, 2.45) is 0 Å². The molecule has 2 aromatic rings. The largest absolute Gasteiger partial charge is 0.507 e. The number of phenolic OH excluding ortho intramolecular Hbond substituents is 1. The summed E-state index contributed by atoms with van der Waals surface area (Å²) in [5.41, 5.74) is 0.740. The van der Waals surface area contributed by atoms with E-state index in [1.54, 1.807) is 12.1 Å². The van der Waals surface area contributed by atoms with Crippen molar-refractivity contribution in [3.05, 3.63) is 47.8 Å². The molecule has 2 heterocycles. The first kappa shape index (κ1) is 18.0. The van der Waals surface area contributed by atoms with Crippen LogP contribution in [0.2, 0.25) is 0 Å². The Labute approximate surface area is 156 Å². The smallest absolute Gasteiger partial charge is 0.243 e. The number of nitrogens with zero attached hydrogens (tertiary/aromatic N) is 1. The molecular weight excluding hydrogens is 375 g/mol. The van der Waals surface area contributed by atoms with E-state index in [2.05, 4.69) is 0 Å². The van der Waals surface area contributed by atoms with Crippen molar-refractivity contribution in [1.82, 2.24) is 4.31 Å². The number of benzene rings is 2. The molecule has 9 heteroatoms. The summed E-state index contributed by atoms with van der Waals surface area (Å²) in [5, 5.41) is 10.2. The quantitative estimate of drug-likeness (QED) is 0.781. The van der Waals surface area contributed by atoms with E-state index in [0.29, 0.717) is 44.2 Å². The topological polar surface area (TPSA) is 80.5 Å². The van der Waals surface area contributed by atoms with Crippen molar-refractivity contribution in [3.63, 3.8) is 0 Å². The second kappa shape index (κ2) is 6.99. The number of halogens is 1. The second-order valence-electron chi connectivity index (χ2n) is 6.62. The third kappa shape index (κ3) is 3.58. The monoisotopic (exact) mass is 395 g/mol. The van der Waals surface area contributed by atoms with E-state index in [9.17, 15) is 17.9 Å². The zero-order valence-corrected chi connectivity index (χ0v) is 15.3. The maximum Gasteiger partial charge on any atom is 0.243 e. The molecule has 4 rings (SSSR count). The summed E-state index contributed by atoms with van der Waals surface area (Å²) in [4.78, 5) is 1.26. The molecule has 2 aromatic carbocycles. The van der Waals surface area contributed by atoms with Gasteiger partial charge in [-0.2, -0.15) is 4.31 Å². The molecule has 144 valence electrons. The number of quaternary nitrogens is 1. The highest BCUT2D eigenvalue weighted by atomic mass is 32.2. The van der Waals surface area contributed by atoms with Crippen LogP contribution < -0.4 is 14.4 Å². The van der Waals surface area contributed by atoms with Gasteiger partial charge >= 0.3 is 0 Å². The Morgan fingerprint density at radius 1 is 1.07 bits per heavy atom. The first-order chi connectivity index (χ1) is 12.9. The molecule has 27 heavy (non-hydrogen) atoms. The molecule has 0 amide bonds. The Morgan fingerprint density at radius 3 is 2.37 bits per heavy atom. The van der Waals surface area contributed by atoms with E-state index in [0.717, 1.165) is 22.6 Å². The van der Waals surface area contributed by atoms with Gasteiger partial charge in [-0.1, -0.05) is 0 Å². The lowest BCUT2D eigenvalue weighted by atomic mass is 10.1. The number of hydrogen-bond donors (Lipinski definition) is 2. The highest BCUT2D eigenvalue weighted by Crippen LogP contribution is 2.37. The average Bonchev–Trinajstić information content (AvgIpc) is 3.10. The number of aromatic hydroxyl groups is 1. The van der Waals surface area contributed by atoms with E-state index >= 15 is 0 Å². The Bertz CT molecular complexity index is 941. The lowest BCUT2D eigenvalue weighted by Crippen LogP contribution is -3.13. The summed E-state index contributed by atoms with van der Waals surface area (Å²) in [6, 6.07) is 8.19. The fraction of sp³-hybridized carbons (Fsp3) is 0.333. The number of ether oxygens (including phenoxy) is 2. The lowest BCUT2D eigenvalue weighted by Gasteiger charge is -2.31. The highest BCUT2D eigenvalue weighted by Gasteiger charge is 2.31. The maximum atomic E-state index is 13.0. The molecule has 2 N–H and O–H groups in total. The van der Waals surface area contributed by atoms with Crippen molar-refractivity contribution in [2.75, 3.05) is 33.0 Å². The van der Waals surface area contributed by atoms with Crippen molar-refractivity contribution >= 4 is 10.0 Å². The van der Waals surface area contributed by atoms with Crippen LogP contribution >= 0.6 is 0 Å². The van der Waals surface area contributed by atoms with Crippen molar-refractivity contribution in [1.29, 1.82) is 0 Å². The third-order valence-electron chi connectivity index (χ3n) is 4.90. The number of phenols is 1. The zero-order valence-electron chi connectivity index (χ0n) is 14.5. The van der Waals surface area contributed by atoms with E-state index in [-0.39, 0.29) is 17.4 Å². The minimum absolute atomic E-state index is 0.0979. The fourth-order valence-electron chi connectivity index (χ4n) is 3.36. The van der Waals surface area contributed by atoms with Gasteiger partial charge in [-0.15, -0.1) is 0 Å². The minimum Gasteiger partial charge on any atom is -0.507 e. The predicted octanol–water partition coefficient (Wildman–Crippen LogP) is 0.349. The standard InChI is InChI=1S/C18H19FN2O5S/c19-14-1-3-15(4-2-14)27(23,24)21-7-5-20(6-8-21)11-13-9-17-18(10-16(13)22)26-12-25-17/h1-4,9-10,22H,5-8,11-12H2/p+1. The fourth-order valence-corrected chi connectivity index (χ4v) is 4.80. The summed E-state index contributed by atoms with van der Waals surface area (Å²) in [7, 11) is -3.62. The van der Waals surface area contributed by atoms with Gasteiger partial charge in [0, 0.05) is 6.07 Å². The molecular formula is C18H20FN2O5S+. The van der Waals surface area contributed by atoms with Crippen LogP contribution in [-0.2, 0) is 16.6 Å². The Kier molecular flexibility index (Phi) is 4.67. The van der Waals surface area contributed by atoms with Crippen LogP contribution in [0.25, 0.3) is 0 Å². The lowest BCUT2D eigenvalue weighted by molar-refractivity contribution is -0.917. The Hall–Kier alpha value is -2.36. The van der Waals surface area contributed by atoms with Crippen LogP contribution in [0, 0.1) is 5.82 Å².